The molecule has 3 heterocycles. The van der Waals surface area contributed by atoms with Gasteiger partial charge in [-0.15, -0.1) is 0 Å². The van der Waals surface area contributed by atoms with Gasteiger partial charge in [-0.2, -0.15) is 5.10 Å². The largest absolute Gasteiger partial charge is 0.376 e. The number of hydrogen-bond acceptors (Lipinski definition) is 5. The lowest BCUT2D eigenvalue weighted by Gasteiger charge is -2.33. The Morgan fingerprint density at radius 2 is 2.08 bits per heavy atom. The van der Waals surface area contributed by atoms with Gasteiger partial charge in [0.1, 0.15) is 12.1 Å². The van der Waals surface area contributed by atoms with Crippen LogP contribution in [0.1, 0.15) is 26.2 Å². The van der Waals surface area contributed by atoms with Gasteiger partial charge < -0.3 is 9.64 Å². The Hall–Kier alpha value is -2.47. The molecule has 1 aliphatic rings. The number of para-hydroxylation sites is 1. The highest BCUT2D eigenvalue weighted by Crippen LogP contribution is 2.27. The van der Waals surface area contributed by atoms with Gasteiger partial charge in [0.2, 0.25) is 0 Å². The van der Waals surface area contributed by atoms with Crippen LogP contribution in [-0.4, -0.2) is 45.5 Å². The van der Waals surface area contributed by atoms with Crippen molar-refractivity contribution in [3.05, 3.63) is 42.9 Å². The van der Waals surface area contributed by atoms with E-state index in [1.807, 2.05) is 41.2 Å². The zero-order valence-electron chi connectivity index (χ0n) is 14.5. The summed E-state index contributed by atoms with van der Waals surface area (Å²) in [6.45, 7) is 4.84. The van der Waals surface area contributed by atoms with Crippen molar-refractivity contribution < 1.29 is 4.74 Å². The molecule has 6 nitrogen and oxygen atoms in total. The van der Waals surface area contributed by atoms with E-state index in [0.717, 1.165) is 61.5 Å². The molecular formula is C19H23N5O. The molecule has 2 aromatic heterocycles. The molecule has 1 fully saturated rings. The summed E-state index contributed by atoms with van der Waals surface area (Å²) in [5, 5.41) is 5.53. The lowest BCUT2D eigenvalue weighted by molar-refractivity contribution is 0.0439. The number of ether oxygens (including phenoxy) is 1. The fourth-order valence-electron chi connectivity index (χ4n) is 3.39. The fourth-order valence-corrected chi connectivity index (χ4v) is 3.39. The van der Waals surface area contributed by atoms with Crippen molar-refractivity contribution in [1.29, 1.82) is 0 Å². The maximum Gasteiger partial charge on any atom is 0.168 e. The molecular weight excluding hydrogens is 314 g/mol. The van der Waals surface area contributed by atoms with Crippen molar-refractivity contribution in [2.24, 2.45) is 0 Å². The van der Waals surface area contributed by atoms with Crippen molar-refractivity contribution in [3.63, 3.8) is 0 Å². The summed E-state index contributed by atoms with van der Waals surface area (Å²) >= 11 is 0. The van der Waals surface area contributed by atoms with Gasteiger partial charge in [0.15, 0.2) is 5.65 Å². The zero-order valence-corrected chi connectivity index (χ0v) is 14.5. The van der Waals surface area contributed by atoms with Gasteiger partial charge in [-0.25, -0.2) is 14.6 Å². The number of benzene rings is 1. The number of hydrogen-bond donors (Lipinski definition) is 0. The van der Waals surface area contributed by atoms with E-state index in [0.29, 0.717) is 0 Å². The number of piperidine rings is 1. The van der Waals surface area contributed by atoms with Crippen LogP contribution < -0.4 is 4.90 Å². The molecule has 4 rings (SSSR count). The molecule has 1 aromatic carbocycles. The van der Waals surface area contributed by atoms with Crippen LogP contribution in [0.5, 0.6) is 0 Å². The van der Waals surface area contributed by atoms with Crippen molar-refractivity contribution in [2.75, 3.05) is 24.6 Å². The first-order valence-corrected chi connectivity index (χ1v) is 8.97. The summed E-state index contributed by atoms with van der Waals surface area (Å²) < 4.78 is 7.84. The van der Waals surface area contributed by atoms with E-state index in [1.54, 1.807) is 6.33 Å². The molecule has 0 saturated carbocycles. The molecule has 0 unspecified atom stereocenters. The first kappa shape index (κ1) is 16.0. The third-order valence-electron chi connectivity index (χ3n) is 4.58. The van der Waals surface area contributed by atoms with Gasteiger partial charge in [-0.05, 0) is 31.4 Å². The van der Waals surface area contributed by atoms with E-state index >= 15 is 0 Å². The SMILES string of the molecule is CCCO[C@H]1CCCN(c2ncnc3c2cnn3-c2ccccc2)C1. The summed E-state index contributed by atoms with van der Waals surface area (Å²) in [7, 11) is 0. The summed E-state index contributed by atoms with van der Waals surface area (Å²) in [6, 6.07) is 10.1. The monoisotopic (exact) mass is 337 g/mol. The quantitative estimate of drug-likeness (QED) is 0.715. The summed E-state index contributed by atoms with van der Waals surface area (Å²) in [4.78, 5) is 11.3. The average molecular weight is 337 g/mol. The molecule has 1 aliphatic heterocycles. The Kier molecular flexibility index (Phi) is 4.61. The van der Waals surface area contributed by atoms with E-state index < -0.39 is 0 Å². The highest BCUT2D eigenvalue weighted by molar-refractivity contribution is 5.87. The highest BCUT2D eigenvalue weighted by atomic mass is 16.5. The minimum absolute atomic E-state index is 0.280. The van der Waals surface area contributed by atoms with Crippen LogP contribution in [0.15, 0.2) is 42.9 Å². The Bertz CT molecular complexity index is 832. The first-order valence-electron chi connectivity index (χ1n) is 8.97. The lowest BCUT2D eigenvalue weighted by Crippen LogP contribution is -2.40. The molecule has 0 N–H and O–H groups in total. The topological polar surface area (TPSA) is 56.1 Å². The number of aromatic nitrogens is 4. The zero-order chi connectivity index (χ0) is 17.1. The Labute approximate surface area is 147 Å². The van der Waals surface area contributed by atoms with Crippen molar-refractivity contribution in [2.45, 2.75) is 32.3 Å². The Morgan fingerprint density at radius 3 is 2.92 bits per heavy atom. The van der Waals surface area contributed by atoms with Crippen LogP contribution >= 0.6 is 0 Å². The number of anilines is 1. The summed E-state index contributed by atoms with van der Waals surface area (Å²) in [5.41, 5.74) is 1.85. The second-order valence-corrected chi connectivity index (χ2v) is 6.41. The predicted molar refractivity (Wildman–Crippen MR) is 98.1 cm³/mol. The van der Waals surface area contributed by atoms with Gasteiger partial charge in [-0.3, -0.25) is 0 Å². The van der Waals surface area contributed by atoms with Gasteiger partial charge >= 0.3 is 0 Å². The van der Waals surface area contributed by atoms with Crippen LogP contribution in [-0.2, 0) is 4.74 Å². The van der Waals surface area contributed by atoms with Crippen LogP contribution in [0.3, 0.4) is 0 Å². The van der Waals surface area contributed by atoms with E-state index in [9.17, 15) is 0 Å². The minimum atomic E-state index is 0.280. The number of fused-ring (bicyclic) bond motifs is 1. The molecule has 3 aromatic rings. The number of rotatable bonds is 5. The third-order valence-corrected chi connectivity index (χ3v) is 4.58. The van der Waals surface area contributed by atoms with E-state index in [4.69, 9.17) is 4.74 Å². The summed E-state index contributed by atoms with van der Waals surface area (Å²) in [5.74, 6) is 0.956. The standard InChI is InChI=1S/C19H23N5O/c1-2-11-25-16-9-6-10-23(13-16)18-17-12-22-24(19(17)21-14-20-18)15-7-4-3-5-8-15/h3-5,7-8,12,14,16H,2,6,9-11,13H2,1H3/t16-/m0/s1. The third kappa shape index (κ3) is 3.22. The Morgan fingerprint density at radius 1 is 1.20 bits per heavy atom. The lowest BCUT2D eigenvalue weighted by atomic mass is 10.1. The van der Waals surface area contributed by atoms with E-state index in [2.05, 4.69) is 26.9 Å². The number of nitrogens with zero attached hydrogens (tertiary/aromatic N) is 5. The molecule has 0 radical (unpaired) electrons. The van der Waals surface area contributed by atoms with Crippen LogP contribution in [0.25, 0.3) is 16.7 Å². The average Bonchev–Trinajstić information content (AvgIpc) is 3.11. The maximum absolute atomic E-state index is 5.96. The van der Waals surface area contributed by atoms with E-state index in [1.165, 1.54) is 0 Å². The molecule has 0 bridgehead atoms. The minimum Gasteiger partial charge on any atom is -0.376 e. The molecule has 1 atom stereocenters. The molecule has 0 amide bonds. The molecule has 6 heteroatoms. The highest BCUT2D eigenvalue weighted by Gasteiger charge is 2.24. The van der Waals surface area contributed by atoms with Crippen molar-refractivity contribution in [3.8, 4) is 5.69 Å². The predicted octanol–water partition coefficient (Wildman–Crippen LogP) is 3.21. The van der Waals surface area contributed by atoms with Gasteiger partial charge in [0.05, 0.1) is 23.4 Å². The molecule has 0 aliphatic carbocycles. The van der Waals surface area contributed by atoms with Crippen molar-refractivity contribution in [1.82, 2.24) is 19.7 Å². The van der Waals surface area contributed by atoms with Crippen molar-refractivity contribution >= 4 is 16.9 Å². The molecule has 25 heavy (non-hydrogen) atoms. The molecule has 130 valence electrons. The van der Waals surface area contributed by atoms with Crippen LogP contribution in [0.4, 0.5) is 5.82 Å². The van der Waals surface area contributed by atoms with Gasteiger partial charge in [0, 0.05) is 19.7 Å². The first-order chi connectivity index (χ1) is 12.4. The van der Waals surface area contributed by atoms with Crippen LogP contribution in [0, 0.1) is 0 Å². The molecule has 0 spiro atoms. The second kappa shape index (κ2) is 7.19. The smallest absolute Gasteiger partial charge is 0.168 e. The second-order valence-electron chi connectivity index (χ2n) is 6.41. The van der Waals surface area contributed by atoms with E-state index in [-0.39, 0.29) is 6.10 Å². The fraction of sp³-hybridized carbons (Fsp3) is 0.421. The molecule has 1 saturated heterocycles. The van der Waals surface area contributed by atoms with Gasteiger partial charge in [0.25, 0.3) is 0 Å². The van der Waals surface area contributed by atoms with Crippen LogP contribution in [0.2, 0.25) is 0 Å². The Balaban J connectivity index is 1.65. The maximum atomic E-state index is 5.96. The summed E-state index contributed by atoms with van der Waals surface area (Å²) in [6.07, 6.45) is 7.07. The normalized spacial score (nSPS) is 18.0. The van der Waals surface area contributed by atoms with Gasteiger partial charge in [-0.1, -0.05) is 25.1 Å².